The van der Waals surface area contributed by atoms with Crippen molar-refractivity contribution in [3.8, 4) is 0 Å². The number of amides is 1. The average molecular weight is 437 g/mol. The topological polar surface area (TPSA) is 50.2 Å². The first-order chi connectivity index (χ1) is 15.0. The number of hydrogen-bond acceptors (Lipinski definition) is 3. The zero-order valence-corrected chi connectivity index (χ0v) is 18.9. The lowest BCUT2D eigenvalue weighted by atomic mass is 10.0. The summed E-state index contributed by atoms with van der Waals surface area (Å²) in [5, 5.41) is 8.10. The normalized spacial score (nSPS) is 15.2. The molecule has 1 saturated heterocycles. The van der Waals surface area contributed by atoms with Crippen LogP contribution in [0.4, 0.5) is 0 Å². The number of piperidine rings is 1. The van der Waals surface area contributed by atoms with Gasteiger partial charge in [-0.1, -0.05) is 71.8 Å². The van der Waals surface area contributed by atoms with E-state index in [4.69, 9.17) is 11.6 Å². The smallest absolute Gasteiger partial charge is 0.256 e. The molecule has 1 aliphatic heterocycles. The summed E-state index contributed by atoms with van der Waals surface area (Å²) in [4.78, 5) is 15.4. The molecule has 31 heavy (non-hydrogen) atoms. The maximum absolute atomic E-state index is 13.0. The van der Waals surface area contributed by atoms with Crippen LogP contribution in [0.5, 0.6) is 0 Å². The summed E-state index contributed by atoms with van der Waals surface area (Å²) in [5.41, 5.74) is 4.79. The number of carbonyl (C=O) groups is 1. The molecule has 1 fully saturated rings. The van der Waals surface area contributed by atoms with E-state index >= 15 is 0 Å². The van der Waals surface area contributed by atoms with E-state index in [1.54, 1.807) is 4.68 Å². The summed E-state index contributed by atoms with van der Waals surface area (Å²) in [6, 6.07) is 18.9. The molecule has 0 saturated carbocycles. The number of halogens is 1. The van der Waals surface area contributed by atoms with Gasteiger partial charge in [-0.15, -0.1) is 0 Å². The molecule has 0 aliphatic carbocycles. The van der Waals surface area contributed by atoms with Crippen LogP contribution >= 0.6 is 11.6 Å². The monoisotopic (exact) mass is 436 g/mol. The van der Waals surface area contributed by atoms with Crippen molar-refractivity contribution in [2.45, 2.75) is 45.8 Å². The molecule has 1 N–H and O–H groups in total. The van der Waals surface area contributed by atoms with Gasteiger partial charge in [0.2, 0.25) is 0 Å². The van der Waals surface area contributed by atoms with E-state index in [9.17, 15) is 4.79 Å². The molecule has 1 aliphatic rings. The number of nitrogens with zero attached hydrogens (tertiary/aromatic N) is 3. The van der Waals surface area contributed by atoms with Gasteiger partial charge in [-0.3, -0.25) is 9.69 Å². The van der Waals surface area contributed by atoms with E-state index in [1.165, 1.54) is 11.1 Å². The highest BCUT2D eigenvalue weighted by Crippen LogP contribution is 2.22. The highest BCUT2D eigenvalue weighted by Gasteiger charge is 2.25. The Morgan fingerprint density at radius 1 is 1.00 bits per heavy atom. The lowest BCUT2D eigenvalue weighted by Gasteiger charge is -2.32. The van der Waals surface area contributed by atoms with E-state index in [0.717, 1.165) is 38.0 Å². The van der Waals surface area contributed by atoms with Gasteiger partial charge in [0.1, 0.15) is 5.15 Å². The van der Waals surface area contributed by atoms with Gasteiger partial charge in [0.15, 0.2) is 0 Å². The van der Waals surface area contributed by atoms with Gasteiger partial charge in [0, 0.05) is 25.7 Å². The third kappa shape index (κ3) is 5.35. The second-order valence-corrected chi connectivity index (χ2v) is 8.76. The van der Waals surface area contributed by atoms with Gasteiger partial charge in [0.25, 0.3) is 5.91 Å². The molecule has 6 heteroatoms. The molecule has 2 aromatic carbocycles. The maximum atomic E-state index is 13.0. The number of aromatic nitrogens is 2. The van der Waals surface area contributed by atoms with Crippen molar-refractivity contribution < 1.29 is 4.79 Å². The van der Waals surface area contributed by atoms with Crippen LogP contribution in [0.2, 0.25) is 5.15 Å². The molecule has 162 valence electrons. The number of aryl methyl sites for hydroxylation is 2. The molecule has 0 spiro atoms. The third-order valence-electron chi connectivity index (χ3n) is 5.92. The minimum absolute atomic E-state index is 0.126. The zero-order valence-electron chi connectivity index (χ0n) is 18.1. The van der Waals surface area contributed by atoms with Crippen molar-refractivity contribution >= 4 is 17.5 Å². The van der Waals surface area contributed by atoms with Crippen molar-refractivity contribution in [1.82, 2.24) is 20.0 Å². The molecular weight excluding hydrogens is 408 g/mol. The predicted molar refractivity (Wildman–Crippen MR) is 124 cm³/mol. The molecule has 1 amide bonds. The fourth-order valence-corrected chi connectivity index (χ4v) is 4.44. The first-order valence-corrected chi connectivity index (χ1v) is 11.2. The fourth-order valence-electron chi connectivity index (χ4n) is 4.12. The number of nitrogens with one attached hydrogen (secondary N) is 1. The quantitative estimate of drug-likeness (QED) is 0.614. The van der Waals surface area contributed by atoms with Crippen LogP contribution in [0.3, 0.4) is 0 Å². The lowest BCUT2D eigenvalue weighted by Crippen LogP contribution is -2.44. The van der Waals surface area contributed by atoms with Crippen LogP contribution < -0.4 is 5.32 Å². The Bertz CT molecular complexity index is 1020. The number of carbonyl (C=O) groups excluding carboxylic acids is 1. The van der Waals surface area contributed by atoms with E-state index < -0.39 is 0 Å². The predicted octanol–water partition coefficient (Wildman–Crippen LogP) is 4.60. The Hall–Kier alpha value is -2.63. The molecule has 4 rings (SSSR count). The lowest BCUT2D eigenvalue weighted by molar-refractivity contribution is 0.0908. The number of likely N-dealkylation sites (tertiary alicyclic amines) is 1. The molecule has 0 atom stereocenters. The number of benzene rings is 2. The first-order valence-electron chi connectivity index (χ1n) is 10.8. The highest BCUT2D eigenvalue weighted by atomic mass is 35.5. The van der Waals surface area contributed by atoms with Crippen molar-refractivity contribution in [2.75, 3.05) is 13.1 Å². The van der Waals surface area contributed by atoms with Crippen LogP contribution in [-0.2, 0) is 13.1 Å². The van der Waals surface area contributed by atoms with E-state index in [2.05, 4.69) is 70.8 Å². The van der Waals surface area contributed by atoms with Crippen molar-refractivity contribution in [2.24, 2.45) is 0 Å². The summed E-state index contributed by atoms with van der Waals surface area (Å²) < 4.78 is 1.71. The molecule has 0 bridgehead atoms. The minimum atomic E-state index is -0.126. The second kappa shape index (κ2) is 9.67. The maximum Gasteiger partial charge on any atom is 0.256 e. The van der Waals surface area contributed by atoms with E-state index in [-0.39, 0.29) is 11.9 Å². The first kappa shape index (κ1) is 21.6. The molecule has 0 unspecified atom stereocenters. The highest BCUT2D eigenvalue weighted by molar-refractivity contribution is 6.33. The fraction of sp³-hybridized carbons (Fsp3) is 0.360. The van der Waals surface area contributed by atoms with Crippen molar-refractivity contribution in [3.63, 3.8) is 0 Å². The third-order valence-corrected chi connectivity index (χ3v) is 6.30. The standard InChI is InChI=1S/C25H29ClN4O/c1-18-8-10-21(11-9-18)17-30-24(26)23(19(2)28-30)25(31)27-22-12-14-29(15-13-22)16-20-6-4-3-5-7-20/h3-11,22H,12-17H2,1-2H3,(H,27,31). The molecular formula is C25H29ClN4O. The Labute approximate surface area is 189 Å². The van der Waals surface area contributed by atoms with Gasteiger partial charge in [0.05, 0.1) is 17.8 Å². The molecule has 0 radical (unpaired) electrons. The van der Waals surface area contributed by atoms with Crippen molar-refractivity contribution in [3.05, 3.63) is 87.7 Å². The minimum Gasteiger partial charge on any atom is -0.349 e. The Morgan fingerprint density at radius 3 is 2.32 bits per heavy atom. The summed E-state index contributed by atoms with van der Waals surface area (Å²) in [5.74, 6) is -0.126. The summed E-state index contributed by atoms with van der Waals surface area (Å²) in [6.45, 7) is 7.35. The molecule has 2 heterocycles. The molecule has 1 aromatic heterocycles. The number of rotatable bonds is 6. The second-order valence-electron chi connectivity index (χ2n) is 8.40. The Balaban J connectivity index is 1.34. The Kier molecular flexibility index (Phi) is 6.73. The van der Waals surface area contributed by atoms with Crippen LogP contribution in [0.1, 0.15) is 45.6 Å². The largest absolute Gasteiger partial charge is 0.349 e. The summed E-state index contributed by atoms with van der Waals surface area (Å²) >= 11 is 6.57. The van der Waals surface area contributed by atoms with Gasteiger partial charge >= 0.3 is 0 Å². The van der Waals surface area contributed by atoms with Gasteiger partial charge in [-0.25, -0.2) is 4.68 Å². The number of hydrogen-bond donors (Lipinski definition) is 1. The van der Waals surface area contributed by atoms with Crippen LogP contribution in [0.15, 0.2) is 54.6 Å². The summed E-state index contributed by atoms with van der Waals surface area (Å²) in [6.07, 6.45) is 1.87. The van der Waals surface area contributed by atoms with Crippen LogP contribution in [-0.4, -0.2) is 39.7 Å². The zero-order chi connectivity index (χ0) is 21.8. The van der Waals surface area contributed by atoms with Gasteiger partial charge in [-0.2, -0.15) is 5.10 Å². The van der Waals surface area contributed by atoms with Crippen molar-refractivity contribution in [1.29, 1.82) is 0 Å². The van der Waals surface area contributed by atoms with Gasteiger partial charge in [-0.05, 0) is 37.8 Å². The SMILES string of the molecule is Cc1ccc(Cn2nc(C)c(C(=O)NC3CCN(Cc4ccccc4)CC3)c2Cl)cc1. The van der Waals surface area contributed by atoms with E-state index in [1.807, 2.05) is 13.0 Å². The van der Waals surface area contributed by atoms with Crippen LogP contribution in [0.25, 0.3) is 0 Å². The van der Waals surface area contributed by atoms with Crippen LogP contribution in [0, 0.1) is 13.8 Å². The Morgan fingerprint density at radius 2 is 1.65 bits per heavy atom. The average Bonchev–Trinajstić information content (AvgIpc) is 3.05. The van der Waals surface area contributed by atoms with Gasteiger partial charge < -0.3 is 5.32 Å². The van der Waals surface area contributed by atoms with E-state index in [0.29, 0.717) is 23.0 Å². The molecule has 3 aromatic rings. The molecule has 5 nitrogen and oxygen atoms in total. The summed E-state index contributed by atoms with van der Waals surface area (Å²) in [7, 11) is 0.